The SMILES string of the molecule is CCC(C)(CC)C(=O)/C=C(\O)C(C)(CC)CC.Cc1sc2ccc3oc4ncnc(-c5[c-]c6ccccc6c(C(C)(C)C)c5)c4c3c2c1CC(C)C.[Ir]. The molecule has 0 amide bonds. The van der Waals surface area contributed by atoms with Crippen LogP contribution in [0.3, 0.4) is 0 Å². The second-order valence-corrected chi connectivity index (χ2v) is 17.6. The van der Waals surface area contributed by atoms with Gasteiger partial charge < -0.3 is 9.52 Å². The number of carbonyl (C=O) groups is 1. The quantitative estimate of drug-likeness (QED) is 0.0842. The predicted molar refractivity (Wildman–Crippen MR) is 222 cm³/mol. The number of fused-ring (bicyclic) bond motifs is 6. The number of carbonyl (C=O) groups excluding carboxylic acids is 1. The number of aryl methyl sites for hydroxylation is 1. The minimum atomic E-state index is -0.337. The molecule has 285 valence electrons. The standard InChI is InChI=1S/C31H29N2OS.C15H28O2.Ir/c1-17(2)13-22-18(3)35-25-12-11-24-27(26(22)25)28-29(32-16-33-30(28)34-24)20-14-19-9-7-8-10-21(19)23(15-20)31(4,5)6;1-7-14(5,8-2)12(16)11-13(17)15(6,9-3)10-4;/h7-12,15-17H,13H2,1-6H3;11,16H,7-10H2,1-6H3;/q-1;;/b;12-11-;. The molecule has 0 unspecified atom stereocenters. The van der Waals surface area contributed by atoms with Crippen molar-refractivity contribution in [2.24, 2.45) is 16.7 Å². The van der Waals surface area contributed by atoms with Gasteiger partial charge in [-0.1, -0.05) is 105 Å². The van der Waals surface area contributed by atoms with Crippen LogP contribution >= 0.6 is 11.3 Å². The molecular formula is C46H57IrN2O3S-. The van der Waals surface area contributed by atoms with Gasteiger partial charge in [0, 0.05) is 68.4 Å². The maximum Gasteiger partial charge on any atom is 0.223 e. The molecule has 0 spiro atoms. The van der Waals surface area contributed by atoms with E-state index in [1.54, 1.807) is 6.33 Å². The Morgan fingerprint density at radius 1 is 0.906 bits per heavy atom. The minimum absolute atomic E-state index is 0. The number of nitrogens with zero attached hydrogens (tertiary/aromatic N) is 2. The van der Waals surface area contributed by atoms with Crippen molar-refractivity contribution in [3.63, 3.8) is 0 Å². The van der Waals surface area contributed by atoms with Crippen LogP contribution in [0.5, 0.6) is 0 Å². The van der Waals surface area contributed by atoms with E-state index in [1.807, 2.05) is 52.9 Å². The molecule has 0 aliphatic rings. The average Bonchev–Trinajstić information content (AvgIpc) is 3.66. The molecule has 6 aromatic rings. The minimum Gasteiger partial charge on any atom is -0.512 e. The van der Waals surface area contributed by atoms with Crippen molar-refractivity contribution in [2.75, 3.05) is 0 Å². The molecule has 0 bridgehead atoms. The van der Waals surface area contributed by atoms with Crippen molar-refractivity contribution in [3.8, 4) is 11.3 Å². The predicted octanol–water partition coefficient (Wildman–Crippen LogP) is 13.7. The van der Waals surface area contributed by atoms with Gasteiger partial charge in [0.1, 0.15) is 17.7 Å². The maximum atomic E-state index is 12.2. The number of ketones is 1. The van der Waals surface area contributed by atoms with E-state index in [1.165, 1.54) is 37.6 Å². The van der Waals surface area contributed by atoms with Gasteiger partial charge >= 0.3 is 0 Å². The molecule has 0 aliphatic heterocycles. The van der Waals surface area contributed by atoms with Gasteiger partial charge in [-0.05, 0) is 68.1 Å². The first-order chi connectivity index (χ1) is 24.5. The molecule has 3 heterocycles. The number of furan rings is 1. The summed E-state index contributed by atoms with van der Waals surface area (Å²) in [4.78, 5) is 22.9. The van der Waals surface area contributed by atoms with E-state index in [9.17, 15) is 9.90 Å². The maximum absolute atomic E-state index is 12.2. The molecule has 6 rings (SSSR count). The van der Waals surface area contributed by atoms with Crippen molar-refractivity contribution < 1.29 is 34.4 Å². The van der Waals surface area contributed by atoms with Gasteiger partial charge in [-0.25, -0.2) is 4.98 Å². The fraction of sp³-hybridized carbons (Fsp3) is 0.457. The zero-order valence-corrected chi connectivity index (χ0v) is 36.9. The number of thiophene rings is 1. The molecule has 0 saturated carbocycles. The first-order valence-corrected chi connectivity index (χ1v) is 19.8. The number of aliphatic hydroxyl groups excluding tert-OH is 1. The molecule has 53 heavy (non-hydrogen) atoms. The molecule has 1 N–H and O–H groups in total. The van der Waals surface area contributed by atoms with Crippen molar-refractivity contribution in [1.29, 1.82) is 0 Å². The summed E-state index contributed by atoms with van der Waals surface area (Å²) in [5, 5.41) is 15.9. The normalized spacial score (nSPS) is 12.8. The molecule has 0 aliphatic carbocycles. The summed E-state index contributed by atoms with van der Waals surface area (Å²) < 4.78 is 7.61. The Morgan fingerprint density at radius 2 is 1.55 bits per heavy atom. The molecule has 5 nitrogen and oxygen atoms in total. The monoisotopic (exact) mass is 910 g/mol. The molecule has 0 atom stereocenters. The van der Waals surface area contributed by atoms with E-state index < -0.39 is 0 Å². The topological polar surface area (TPSA) is 76.2 Å². The van der Waals surface area contributed by atoms with Gasteiger partial charge in [0.15, 0.2) is 5.78 Å². The van der Waals surface area contributed by atoms with Crippen molar-refractivity contribution in [2.45, 2.75) is 121 Å². The van der Waals surface area contributed by atoms with Gasteiger partial charge in [-0.15, -0.1) is 40.5 Å². The number of hydrogen-bond acceptors (Lipinski definition) is 6. The Balaban J connectivity index is 0.000000299. The smallest absolute Gasteiger partial charge is 0.223 e. The number of aliphatic hydroxyl groups is 1. The number of aromatic nitrogens is 2. The van der Waals surface area contributed by atoms with E-state index in [0.29, 0.717) is 11.6 Å². The Kier molecular flexibility index (Phi) is 13.2. The van der Waals surface area contributed by atoms with E-state index in [4.69, 9.17) is 9.40 Å². The fourth-order valence-electron chi connectivity index (χ4n) is 6.98. The van der Waals surface area contributed by atoms with Gasteiger partial charge in [-0.3, -0.25) is 9.78 Å². The third-order valence-corrected chi connectivity index (χ3v) is 12.6. The molecule has 0 saturated heterocycles. The summed E-state index contributed by atoms with van der Waals surface area (Å²) in [6.45, 7) is 25.7. The summed E-state index contributed by atoms with van der Waals surface area (Å²) in [6.07, 6.45) is 7.41. The summed E-state index contributed by atoms with van der Waals surface area (Å²) in [5.74, 6) is 0.854. The van der Waals surface area contributed by atoms with E-state index in [-0.39, 0.29) is 47.9 Å². The zero-order valence-electron chi connectivity index (χ0n) is 33.7. The van der Waals surface area contributed by atoms with Crippen molar-refractivity contribution >= 4 is 60.0 Å². The van der Waals surface area contributed by atoms with Gasteiger partial charge in [0.05, 0.1) is 0 Å². The summed E-state index contributed by atoms with van der Waals surface area (Å²) in [7, 11) is 0. The molecule has 3 aromatic carbocycles. The summed E-state index contributed by atoms with van der Waals surface area (Å²) in [5.41, 5.74) is 5.46. The fourth-order valence-corrected chi connectivity index (χ4v) is 8.08. The summed E-state index contributed by atoms with van der Waals surface area (Å²) >= 11 is 1.87. The first-order valence-electron chi connectivity index (χ1n) is 19.0. The van der Waals surface area contributed by atoms with Crippen LogP contribution in [0.15, 0.2) is 65.0 Å². The Morgan fingerprint density at radius 3 is 2.15 bits per heavy atom. The Labute approximate surface area is 334 Å². The van der Waals surface area contributed by atoms with Crippen molar-refractivity contribution in [3.05, 3.63) is 82.7 Å². The zero-order chi connectivity index (χ0) is 38.2. The Hall–Kier alpha value is -3.38. The van der Waals surface area contributed by atoms with Crippen LogP contribution in [0.25, 0.3) is 54.2 Å². The van der Waals surface area contributed by atoms with Crippen LogP contribution in [-0.4, -0.2) is 20.9 Å². The van der Waals surface area contributed by atoms with Crippen LogP contribution in [0.2, 0.25) is 0 Å². The Bertz CT molecular complexity index is 2260. The van der Waals surface area contributed by atoms with Crippen LogP contribution in [0, 0.1) is 29.7 Å². The molecule has 7 heteroatoms. The number of hydrogen-bond donors (Lipinski definition) is 1. The van der Waals surface area contributed by atoms with E-state index in [2.05, 4.69) is 95.1 Å². The molecule has 1 radical (unpaired) electrons. The molecule has 3 aromatic heterocycles. The van der Waals surface area contributed by atoms with Crippen molar-refractivity contribution in [1.82, 2.24) is 9.97 Å². The largest absolute Gasteiger partial charge is 0.512 e. The first kappa shape index (κ1) is 42.4. The third-order valence-electron chi connectivity index (χ3n) is 11.4. The van der Waals surface area contributed by atoms with E-state index in [0.717, 1.165) is 65.1 Å². The van der Waals surface area contributed by atoms with Gasteiger partial charge in [0.25, 0.3) is 0 Å². The number of benzene rings is 3. The van der Waals surface area contributed by atoms with Crippen LogP contribution < -0.4 is 0 Å². The van der Waals surface area contributed by atoms with Crippen LogP contribution in [0.1, 0.15) is 118 Å². The number of allylic oxidation sites excluding steroid dienone is 2. The second-order valence-electron chi connectivity index (χ2n) is 16.4. The average molecular weight is 910 g/mol. The van der Waals surface area contributed by atoms with Gasteiger partial charge in [0.2, 0.25) is 5.71 Å². The molecule has 0 fully saturated rings. The van der Waals surface area contributed by atoms with Gasteiger partial charge in [-0.2, -0.15) is 0 Å². The second kappa shape index (κ2) is 16.5. The van der Waals surface area contributed by atoms with E-state index >= 15 is 0 Å². The number of rotatable bonds is 10. The van der Waals surface area contributed by atoms with Crippen LogP contribution in [0.4, 0.5) is 0 Å². The van der Waals surface area contributed by atoms with Crippen LogP contribution in [-0.2, 0) is 36.7 Å². The third kappa shape index (κ3) is 8.33. The molecular weight excluding hydrogens is 853 g/mol. The summed E-state index contributed by atoms with van der Waals surface area (Å²) in [6, 6.07) is 18.7.